The Morgan fingerprint density at radius 2 is 1.92 bits per heavy atom. The number of amides is 1. The fourth-order valence-corrected chi connectivity index (χ4v) is 3.07. The van der Waals surface area contributed by atoms with E-state index in [2.05, 4.69) is 0 Å². The van der Waals surface area contributed by atoms with Gasteiger partial charge in [0.1, 0.15) is 6.61 Å². The lowest BCUT2D eigenvalue weighted by atomic mass is 10.1. The summed E-state index contributed by atoms with van der Waals surface area (Å²) in [4.78, 5) is 26.2. The van der Waals surface area contributed by atoms with Crippen LogP contribution in [0.25, 0.3) is 0 Å². The Morgan fingerprint density at radius 3 is 2.64 bits per heavy atom. The number of likely N-dealkylation sites (tertiary alicyclic amines) is 1. The standard InChI is InChI=1S/C20H20ClNO3/c1-14-6-8-15(9-7-14)11-22-12-17(10-19(22)23)20(24)25-13-16-4-2-3-5-18(16)21/h2-9,17H,10-13H2,1H3/t17-/m1/s1. The maximum atomic E-state index is 12.3. The zero-order valence-electron chi connectivity index (χ0n) is 14.1. The molecule has 0 saturated carbocycles. The lowest BCUT2D eigenvalue weighted by molar-refractivity contribution is -0.149. The zero-order chi connectivity index (χ0) is 17.8. The van der Waals surface area contributed by atoms with Crippen LogP contribution in [0.1, 0.15) is 23.1 Å². The molecule has 5 heteroatoms. The second-order valence-electron chi connectivity index (χ2n) is 6.36. The van der Waals surface area contributed by atoms with Crippen LogP contribution < -0.4 is 0 Å². The first-order valence-electron chi connectivity index (χ1n) is 8.26. The van der Waals surface area contributed by atoms with Gasteiger partial charge in [0.15, 0.2) is 0 Å². The van der Waals surface area contributed by atoms with Gasteiger partial charge >= 0.3 is 5.97 Å². The summed E-state index contributed by atoms with van der Waals surface area (Å²) >= 11 is 6.06. The Morgan fingerprint density at radius 1 is 1.20 bits per heavy atom. The minimum atomic E-state index is -0.416. The number of aryl methyl sites for hydroxylation is 1. The topological polar surface area (TPSA) is 46.6 Å². The number of hydrogen-bond acceptors (Lipinski definition) is 3. The van der Waals surface area contributed by atoms with Crippen molar-refractivity contribution in [3.05, 3.63) is 70.2 Å². The normalized spacial score (nSPS) is 17.0. The van der Waals surface area contributed by atoms with Crippen molar-refractivity contribution in [3.63, 3.8) is 0 Å². The second kappa shape index (κ2) is 7.70. The molecule has 2 aromatic carbocycles. The van der Waals surface area contributed by atoms with Gasteiger partial charge in [-0.25, -0.2) is 0 Å². The first-order chi connectivity index (χ1) is 12.0. The van der Waals surface area contributed by atoms with E-state index in [1.807, 2.05) is 49.4 Å². The van der Waals surface area contributed by atoms with Crippen LogP contribution in [0.2, 0.25) is 5.02 Å². The number of nitrogens with zero attached hydrogens (tertiary/aromatic N) is 1. The van der Waals surface area contributed by atoms with Gasteiger partial charge in [-0.3, -0.25) is 9.59 Å². The van der Waals surface area contributed by atoms with Gasteiger partial charge in [-0.05, 0) is 18.6 Å². The van der Waals surface area contributed by atoms with E-state index >= 15 is 0 Å². The number of benzene rings is 2. The largest absolute Gasteiger partial charge is 0.460 e. The van der Waals surface area contributed by atoms with E-state index in [1.165, 1.54) is 5.56 Å². The van der Waals surface area contributed by atoms with E-state index in [0.717, 1.165) is 11.1 Å². The van der Waals surface area contributed by atoms with E-state index in [9.17, 15) is 9.59 Å². The molecule has 0 N–H and O–H groups in total. The molecule has 1 aliphatic heterocycles. The third-order valence-corrected chi connectivity index (χ3v) is 4.74. The van der Waals surface area contributed by atoms with E-state index in [4.69, 9.17) is 16.3 Å². The molecule has 0 aromatic heterocycles. The van der Waals surface area contributed by atoms with Crippen molar-refractivity contribution in [2.75, 3.05) is 6.54 Å². The lowest BCUT2D eigenvalue weighted by Crippen LogP contribution is -2.26. The maximum absolute atomic E-state index is 12.3. The fourth-order valence-electron chi connectivity index (χ4n) is 2.88. The molecule has 2 aromatic rings. The third kappa shape index (κ3) is 4.40. The van der Waals surface area contributed by atoms with Gasteiger partial charge in [0.05, 0.1) is 5.92 Å². The van der Waals surface area contributed by atoms with E-state index in [0.29, 0.717) is 18.1 Å². The van der Waals surface area contributed by atoms with Crippen molar-refractivity contribution in [2.24, 2.45) is 5.92 Å². The van der Waals surface area contributed by atoms with Gasteiger partial charge in [0, 0.05) is 30.1 Å². The number of carbonyl (C=O) groups excluding carboxylic acids is 2. The Kier molecular flexibility index (Phi) is 5.39. The molecular formula is C20H20ClNO3. The summed E-state index contributed by atoms with van der Waals surface area (Å²) in [7, 11) is 0. The molecule has 0 unspecified atom stereocenters. The van der Waals surface area contributed by atoms with Crippen molar-refractivity contribution in [1.82, 2.24) is 4.90 Å². The number of carbonyl (C=O) groups is 2. The van der Waals surface area contributed by atoms with E-state index in [-0.39, 0.29) is 24.9 Å². The van der Waals surface area contributed by atoms with Crippen LogP contribution in [0.3, 0.4) is 0 Å². The molecule has 0 radical (unpaired) electrons. The molecule has 1 aliphatic rings. The molecule has 4 nitrogen and oxygen atoms in total. The zero-order valence-corrected chi connectivity index (χ0v) is 14.8. The number of hydrogen-bond donors (Lipinski definition) is 0. The van der Waals surface area contributed by atoms with Crippen molar-refractivity contribution in [1.29, 1.82) is 0 Å². The predicted molar refractivity (Wildman–Crippen MR) is 96.0 cm³/mol. The highest BCUT2D eigenvalue weighted by Gasteiger charge is 2.35. The van der Waals surface area contributed by atoms with Crippen LogP contribution in [-0.4, -0.2) is 23.3 Å². The average Bonchev–Trinajstić information content (AvgIpc) is 2.97. The van der Waals surface area contributed by atoms with Gasteiger partial charge in [0.2, 0.25) is 5.91 Å². The quantitative estimate of drug-likeness (QED) is 0.766. The summed E-state index contributed by atoms with van der Waals surface area (Å²) in [5.74, 6) is -0.777. The SMILES string of the molecule is Cc1ccc(CN2C[C@H](C(=O)OCc3ccccc3Cl)CC2=O)cc1. The Labute approximate surface area is 152 Å². The van der Waals surface area contributed by atoms with Crippen LogP contribution in [-0.2, 0) is 27.5 Å². The molecule has 25 heavy (non-hydrogen) atoms. The third-order valence-electron chi connectivity index (χ3n) is 4.37. The summed E-state index contributed by atoms with van der Waals surface area (Å²) in [6.07, 6.45) is 0.202. The summed E-state index contributed by atoms with van der Waals surface area (Å²) < 4.78 is 5.35. The monoisotopic (exact) mass is 357 g/mol. The Hall–Kier alpha value is -2.33. The van der Waals surface area contributed by atoms with Gasteiger partial charge in [0.25, 0.3) is 0 Å². The summed E-state index contributed by atoms with van der Waals surface area (Å²) in [5.41, 5.74) is 3.00. The highest BCUT2D eigenvalue weighted by Crippen LogP contribution is 2.23. The van der Waals surface area contributed by atoms with Crippen LogP contribution in [0.4, 0.5) is 0 Å². The Balaban J connectivity index is 1.55. The molecule has 1 amide bonds. The summed E-state index contributed by atoms with van der Waals surface area (Å²) in [5, 5.41) is 0.568. The first kappa shape index (κ1) is 17.5. The molecule has 1 atom stereocenters. The molecule has 1 fully saturated rings. The van der Waals surface area contributed by atoms with Gasteiger partial charge in [-0.2, -0.15) is 0 Å². The van der Waals surface area contributed by atoms with E-state index < -0.39 is 5.92 Å². The lowest BCUT2D eigenvalue weighted by Gasteiger charge is -2.16. The number of esters is 1. The highest BCUT2D eigenvalue weighted by atomic mass is 35.5. The van der Waals surface area contributed by atoms with Gasteiger partial charge in [-0.15, -0.1) is 0 Å². The first-order valence-corrected chi connectivity index (χ1v) is 8.64. The minimum absolute atomic E-state index is 0.0136. The number of ether oxygens (including phenoxy) is 1. The average molecular weight is 358 g/mol. The summed E-state index contributed by atoms with van der Waals surface area (Å²) in [6.45, 7) is 3.07. The van der Waals surface area contributed by atoms with Crippen LogP contribution in [0, 0.1) is 12.8 Å². The molecule has 3 rings (SSSR count). The summed E-state index contributed by atoms with van der Waals surface area (Å²) in [6, 6.07) is 15.3. The molecule has 0 aliphatic carbocycles. The minimum Gasteiger partial charge on any atom is -0.460 e. The number of halogens is 1. The molecule has 1 saturated heterocycles. The molecule has 0 bridgehead atoms. The Bertz CT molecular complexity index is 773. The van der Waals surface area contributed by atoms with Crippen LogP contribution in [0.15, 0.2) is 48.5 Å². The molecule has 130 valence electrons. The van der Waals surface area contributed by atoms with Crippen LogP contribution in [0.5, 0.6) is 0 Å². The highest BCUT2D eigenvalue weighted by molar-refractivity contribution is 6.31. The smallest absolute Gasteiger partial charge is 0.311 e. The van der Waals surface area contributed by atoms with Crippen molar-refractivity contribution in [3.8, 4) is 0 Å². The van der Waals surface area contributed by atoms with Gasteiger partial charge in [-0.1, -0.05) is 59.6 Å². The van der Waals surface area contributed by atoms with Crippen molar-refractivity contribution in [2.45, 2.75) is 26.5 Å². The molecule has 0 spiro atoms. The predicted octanol–water partition coefficient (Wildman–Crippen LogP) is 3.74. The maximum Gasteiger partial charge on any atom is 0.311 e. The van der Waals surface area contributed by atoms with E-state index in [1.54, 1.807) is 11.0 Å². The second-order valence-corrected chi connectivity index (χ2v) is 6.77. The fraction of sp³-hybridized carbons (Fsp3) is 0.300. The van der Waals surface area contributed by atoms with Crippen LogP contribution >= 0.6 is 11.6 Å². The molecular weight excluding hydrogens is 338 g/mol. The van der Waals surface area contributed by atoms with Gasteiger partial charge < -0.3 is 9.64 Å². The molecule has 1 heterocycles. The number of rotatable bonds is 5. The van der Waals surface area contributed by atoms with Crippen molar-refractivity contribution < 1.29 is 14.3 Å². The van der Waals surface area contributed by atoms with Crippen molar-refractivity contribution >= 4 is 23.5 Å².